The van der Waals surface area contributed by atoms with Crippen molar-refractivity contribution in [3.63, 3.8) is 0 Å². The van der Waals surface area contributed by atoms with Gasteiger partial charge >= 0.3 is 6.18 Å². The highest BCUT2D eigenvalue weighted by Crippen LogP contribution is 2.31. The van der Waals surface area contributed by atoms with E-state index in [1.165, 1.54) is 19.1 Å². The van der Waals surface area contributed by atoms with Gasteiger partial charge in [-0.05, 0) is 37.1 Å². The van der Waals surface area contributed by atoms with Crippen LogP contribution >= 0.6 is 0 Å². The average molecular weight is 327 g/mol. The van der Waals surface area contributed by atoms with Gasteiger partial charge in [-0.3, -0.25) is 4.68 Å². The van der Waals surface area contributed by atoms with E-state index in [0.29, 0.717) is 13.1 Å². The molecule has 0 amide bonds. The second-order valence-electron chi connectivity index (χ2n) is 5.81. The largest absolute Gasteiger partial charge is 0.416 e. The summed E-state index contributed by atoms with van der Waals surface area (Å²) in [5, 5.41) is 17.6. The van der Waals surface area contributed by atoms with Gasteiger partial charge in [-0.1, -0.05) is 12.1 Å². The van der Waals surface area contributed by atoms with Gasteiger partial charge < -0.3 is 10.4 Å². The Bertz CT molecular complexity index is 650. The van der Waals surface area contributed by atoms with Crippen LogP contribution in [0.5, 0.6) is 0 Å². The second kappa shape index (κ2) is 6.72. The van der Waals surface area contributed by atoms with Crippen molar-refractivity contribution >= 4 is 0 Å². The number of nitrogens with one attached hydrogen (secondary N) is 1. The van der Waals surface area contributed by atoms with E-state index < -0.39 is 17.3 Å². The average Bonchev–Trinajstić information content (AvgIpc) is 2.88. The number of aryl methyl sites for hydroxylation is 1. The SMILES string of the molecule is Cc1cnn(CCNC[C@@](C)(O)c2cccc(C(F)(F)F)c2)c1. The summed E-state index contributed by atoms with van der Waals surface area (Å²) < 4.78 is 40.0. The van der Waals surface area contributed by atoms with Crippen molar-refractivity contribution < 1.29 is 18.3 Å². The third-order valence-electron chi connectivity index (χ3n) is 3.56. The maximum atomic E-state index is 12.7. The van der Waals surface area contributed by atoms with Gasteiger partial charge in [0.05, 0.1) is 23.9 Å². The quantitative estimate of drug-likeness (QED) is 0.802. The molecule has 0 saturated heterocycles. The molecule has 0 aliphatic heterocycles. The Labute approximate surface area is 132 Å². The number of hydrogen-bond donors (Lipinski definition) is 2. The Kier molecular flexibility index (Phi) is 5.11. The fraction of sp³-hybridized carbons (Fsp3) is 0.438. The predicted octanol–water partition coefficient (Wildman–Crippen LogP) is 2.71. The van der Waals surface area contributed by atoms with Gasteiger partial charge in [0.2, 0.25) is 0 Å². The van der Waals surface area contributed by atoms with Crippen LogP contribution in [0, 0.1) is 6.92 Å². The highest BCUT2D eigenvalue weighted by Gasteiger charge is 2.32. The number of alkyl halides is 3. The second-order valence-corrected chi connectivity index (χ2v) is 5.81. The molecule has 4 nitrogen and oxygen atoms in total. The molecule has 1 aromatic heterocycles. The van der Waals surface area contributed by atoms with Crippen LogP contribution in [0.1, 0.15) is 23.6 Å². The van der Waals surface area contributed by atoms with Gasteiger partial charge in [-0.2, -0.15) is 18.3 Å². The lowest BCUT2D eigenvalue weighted by molar-refractivity contribution is -0.137. The molecule has 2 aromatic rings. The standard InChI is InChI=1S/C16H20F3N3O/c1-12-9-21-22(10-12)7-6-20-11-15(2,23)13-4-3-5-14(8-13)16(17,18)19/h3-5,8-10,20,23H,6-7,11H2,1-2H3/t15-/m1/s1. The van der Waals surface area contributed by atoms with E-state index in [0.717, 1.165) is 17.7 Å². The van der Waals surface area contributed by atoms with Crippen LogP contribution in [0.2, 0.25) is 0 Å². The van der Waals surface area contributed by atoms with Crippen molar-refractivity contribution in [2.75, 3.05) is 13.1 Å². The summed E-state index contributed by atoms with van der Waals surface area (Å²) in [4.78, 5) is 0. The summed E-state index contributed by atoms with van der Waals surface area (Å²) in [6, 6.07) is 4.78. The number of aliphatic hydroxyl groups is 1. The minimum absolute atomic E-state index is 0.147. The zero-order valence-electron chi connectivity index (χ0n) is 13.1. The van der Waals surface area contributed by atoms with Gasteiger partial charge in [0.15, 0.2) is 0 Å². The Morgan fingerprint density at radius 2 is 1.96 bits per heavy atom. The van der Waals surface area contributed by atoms with E-state index in [9.17, 15) is 18.3 Å². The van der Waals surface area contributed by atoms with Crippen LogP contribution in [0.3, 0.4) is 0 Å². The first-order valence-corrected chi connectivity index (χ1v) is 7.28. The predicted molar refractivity (Wildman–Crippen MR) is 80.8 cm³/mol. The summed E-state index contributed by atoms with van der Waals surface area (Å²) in [6.07, 6.45) is -0.775. The van der Waals surface area contributed by atoms with E-state index in [2.05, 4.69) is 10.4 Å². The molecule has 2 N–H and O–H groups in total. The minimum Gasteiger partial charge on any atom is -0.384 e. The fourth-order valence-corrected chi connectivity index (χ4v) is 2.25. The van der Waals surface area contributed by atoms with Crippen molar-refractivity contribution in [2.24, 2.45) is 0 Å². The van der Waals surface area contributed by atoms with E-state index >= 15 is 0 Å². The highest BCUT2D eigenvalue weighted by atomic mass is 19.4. The lowest BCUT2D eigenvalue weighted by atomic mass is 9.94. The fourth-order valence-electron chi connectivity index (χ4n) is 2.25. The smallest absolute Gasteiger partial charge is 0.384 e. The number of halogens is 3. The van der Waals surface area contributed by atoms with Crippen LogP contribution in [0.15, 0.2) is 36.7 Å². The third-order valence-corrected chi connectivity index (χ3v) is 3.56. The number of benzene rings is 1. The zero-order chi connectivity index (χ0) is 17.1. The minimum atomic E-state index is -4.42. The summed E-state index contributed by atoms with van der Waals surface area (Å²) in [5.41, 5.74) is -0.862. The van der Waals surface area contributed by atoms with Crippen molar-refractivity contribution in [2.45, 2.75) is 32.2 Å². The monoisotopic (exact) mass is 327 g/mol. The van der Waals surface area contributed by atoms with Crippen molar-refractivity contribution in [3.8, 4) is 0 Å². The van der Waals surface area contributed by atoms with E-state index in [1.807, 2.05) is 13.1 Å². The molecule has 0 fully saturated rings. The van der Waals surface area contributed by atoms with E-state index in [4.69, 9.17) is 0 Å². The Hall–Kier alpha value is -1.86. The van der Waals surface area contributed by atoms with Crippen molar-refractivity contribution in [1.82, 2.24) is 15.1 Å². The first-order chi connectivity index (χ1) is 10.7. The molecule has 0 saturated carbocycles. The van der Waals surface area contributed by atoms with Gasteiger partial charge in [0.1, 0.15) is 0 Å². The molecule has 126 valence electrons. The van der Waals surface area contributed by atoms with Gasteiger partial charge in [0, 0.05) is 19.3 Å². The molecule has 0 aliphatic rings. The molecule has 7 heteroatoms. The molecule has 0 radical (unpaired) electrons. The first-order valence-electron chi connectivity index (χ1n) is 7.28. The van der Waals surface area contributed by atoms with Crippen LogP contribution in [0.4, 0.5) is 13.2 Å². The summed E-state index contributed by atoms with van der Waals surface area (Å²) in [6.45, 7) is 4.75. The summed E-state index contributed by atoms with van der Waals surface area (Å²) in [7, 11) is 0. The molecule has 0 bridgehead atoms. The molecule has 1 aromatic carbocycles. The molecule has 1 atom stereocenters. The molecule has 0 aliphatic carbocycles. The molecular formula is C16H20F3N3O. The van der Waals surface area contributed by atoms with Crippen molar-refractivity contribution in [1.29, 1.82) is 0 Å². The third kappa shape index (κ3) is 4.80. The lowest BCUT2D eigenvalue weighted by Gasteiger charge is -2.25. The number of aromatic nitrogens is 2. The summed E-state index contributed by atoms with van der Waals surface area (Å²) in [5.74, 6) is 0. The van der Waals surface area contributed by atoms with Gasteiger partial charge in [-0.25, -0.2) is 0 Å². The molecule has 0 spiro atoms. The molecule has 23 heavy (non-hydrogen) atoms. The Balaban J connectivity index is 1.93. The van der Waals surface area contributed by atoms with Crippen LogP contribution < -0.4 is 5.32 Å². The number of hydrogen-bond acceptors (Lipinski definition) is 3. The van der Waals surface area contributed by atoms with Crippen LogP contribution in [0.25, 0.3) is 0 Å². The Morgan fingerprint density at radius 1 is 1.26 bits per heavy atom. The highest BCUT2D eigenvalue weighted by molar-refractivity contribution is 5.29. The zero-order valence-corrected chi connectivity index (χ0v) is 13.1. The maximum absolute atomic E-state index is 12.7. The molecule has 0 unspecified atom stereocenters. The summed E-state index contributed by atoms with van der Waals surface area (Å²) >= 11 is 0. The number of rotatable bonds is 6. The molecule has 2 rings (SSSR count). The van der Waals surface area contributed by atoms with E-state index in [-0.39, 0.29) is 12.1 Å². The number of nitrogens with zero attached hydrogens (tertiary/aromatic N) is 2. The molecule has 1 heterocycles. The normalized spacial score (nSPS) is 14.7. The first kappa shape index (κ1) is 17.5. The van der Waals surface area contributed by atoms with Gasteiger partial charge in [0.25, 0.3) is 0 Å². The van der Waals surface area contributed by atoms with Gasteiger partial charge in [-0.15, -0.1) is 0 Å². The Morgan fingerprint density at radius 3 is 2.57 bits per heavy atom. The topological polar surface area (TPSA) is 50.1 Å². The van der Waals surface area contributed by atoms with Crippen LogP contribution in [-0.2, 0) is 18.3 Å². The van der Waals surface area contributed by atoms with Crippen LogP contribution in [-0.4, -0.2) is 28.0 Å². The van der Waals surface area contributed by atoms with E-state index in [1.54, 1.807) is 10.9 Å². The molecular weight excluding hydrogens is 307 g/mol. The maximum Gasteiger partial charge on any atom is 0.416 e. The lowest BCUT2D eigenvalue weighted by Crippen LogP contribution is -2.37. The van der Waals surface area contributed by atoms with Crippen molar-refractivity contribution in [3.05, 3.63) is 53.3 Å².